The van der Waals surface area contributed by atoms with Crippen molar-refractivity contribution in [1.29, 1.82) is 0 Å². The van der Waals surface area contributed by atoms with Gasteiger partial charge in [-0.2, -0.15) is 4.68 Å². The van der Waals surface area contributed by atoms with E-state index < -0.39 is 10.0 Å². The third-order valence-electron chi connectivity index (χ3n) is 5.66. The van der Waals surface area contributed by atoms with Crippen molar-refractivity contribution in [2.75, 3.05) is 10.8 Å². The van der Waals surface area contributed by atoms with Gasteiger partial charge in [0, 0.05) is 30.4 Å². The molecule has 0 unspecified atom stereocenters. The average Bonchev–Trinajstić information content (AvgIpc) is 3.16. The summed E-state index contributed by atoms with van der Waals surface area (Å²) < 4.78 is 30.1. The third-order valence-corrected chi connectivity index (χ3v) is 7.58. The van der Waals surface area contributed by atoms with Crippen molar-refractivity contribution in [3.63, 3.8) is 0 Å². The average molecular weight is 477 g/mol. The number of sulfonamides is 1. The highest BCUT2D eigenvalue weighted by Crippen LogP contribution is 2.26. The zero-order valence-electron chi connectivity index (χ0n) is 19.3. The van der Waals surface area contributed by atoms with Crippen LogP contribution in [0.1, 0.15) is 37.1 Å². The Morgan fingerprint density at radius 1 is 0.941 bits per heavy atom. The normalized spacial score (nSPS) is 11.5. The zero-order chi connectivity index (χ0) is 24.1. The van der Waals surface area contributed by atoms with Gasteiger partial charge in [0.2, 0.25) is 0 Å². The van der Waals surface area contributed by atoms with E-state index in [4.69, 9.17) is 0 Å². The number of pyridine rings is 1. The molecule has 0 amide bonds. The summed E-state index contributed by atoms with van der Waals surface area (Å²) in [6, 6.07) is 21.7. The molecule has 34 heavy (non-hydrogen) atoms. The van der Waals surface area contributed by atoms with Gasteiger partial charge in [-0.05, 0) is 43.2 Å². The number of anilines is 1. The fourth-order valence-corrected chi connectivity index (χ4v) is 5.66. The predicted molar refractivity (Wildman–Crippen MR) is 134 cm³/mol. The number of nitrogens with zero attached hydrogens (tertiary/aromatic N) is 3. The number of aryl methyl sites for hydroxylation is 1. The summed E-state index contributed by atoms with van der Waals surface area (Å²) in [6.45, 7) is 4.05. The number of hydrogen-bond acceptors (Lipinski definition) is 4. The smallest absolute Gasteiger partial charge is 0.276 e. The molecule has 0 spiro atoms. The number of benzene rings is 2. The van der Waals surface area contributed by atoms with E-state index in [0.29, 0.717) is 24.1 Å². The Kier molecular flexibility index (Phi) is 6.98. The number of aromatic nitrogens is 3. The minimum Gasteiger partial charge on any atom is -0.293 e. The predicted octanol–water partition coefficient (Wildman–Crippen LogP) is 4.32. The number of H-pyrrole nitrogens is 1. The van der Waals surface area contributed by atoms with Gasteiger partial charge in [-0.25, -0.2) is 13.4 Å². The first-order valence-electron chi connectivity index (χ1n) is 11.4. The molecule has 2 aromatic carbocycles. The maximum Gasteiger partial charge on any atom is 0.276 e. The second-order valence-corrected chi connectivity index (χ2v) is 9.78. The second kappa shape index (κ2) is 10.1. The molecular formula is C26H28N4O3S. The topological polar surface area (TPSA) is 88.1 Å². The van der Waals surface area contributed by atoms with Crippen LogP contribution in [0.4, 0.5) is 5.69 Å². The number of para-hydroxylation sites is 1. The summed E-state index contributed by atoms with van der Waals surface area (Å²) in [4.78, 5) is 17.8. The zero-order valence-corrected chi connectivity index (χ0v) is 20.1. The van der Waals surface area contributed by atoms with E-state index in [0.717, 1.165) is 17.7 Å². The van der Waals surface area contributed by atoms with Crippen molar-refractivity contribution in [2.45, 2.75) is 38.0 Å². The van der Waals surface area contributed by atoms with Gasteiger partial charge in [0.15, 0.2) is 5.82 Å². The Morgan fingerprint density at radius 3 is 2.26 bits per heavy atom. The van der Waals surface area contributed by atoms with Crippen molar-refractivity contribution < 1.29 is 8.42 Å². The molecule has 0 bridgehead atoms. The van der Waals surface area contributed by atoms with E-state index in [1.807, 2.05) is 43.3 Å². The van der Waals surface area contributed by atoms with Crippen LogP contribution in [0.25, 0.3) is 5.82 Å². The lowest BCUT2D eigenvalue weighted by atomic mass is 10.0. The maximum absolute atomic E-state index is 13.7. The quantitative estimate of drug-likeness (QED) is 0.390. The number of aromatic amines is 1. The lowest BCUT2D eigenvalue weighted by Gasteiger charge is -2.23. The molecule has 4 rings (SSSR count). The highest BCUT2D eigenvalue weighted by atomic mass is 32.2. The van der Waals surface area contributed by atoms with Gasteiger partial charge >= 0.3 is 0 Å². The summed E-state index contributed by atoms with van der Waals surface area (Å²) >= 11 is 0. The molecule has 176 valence electrons. The lowest BCUT2D eigenvalue weighted by molar-refractivity contribution is 0.589. The van der Waals surface area contributed by atoms with E-state index in [1.165, 1.54) is 21.3 Å². The molecule has 8 heteroatoms. The van der Waals surface area contributed by atoms with Crippen LogP contribution in [-0.2, 0) is 22.9 Å². The molecule has 0 atom stereocenters. The van der Waals surface area contributed by atoms with E-state index in [1.54, 1.807) is 37.3 Å². The van der Waals surface area contributed by atoms with Crippen LogP contribution in [0.3, 0.4) is 0 Å². The van der Waals surface area contributed by atoms with Crippen LogP contribution in [-0.4, -0.2) is 29.7 Å². The van der Waals surface area contributed by atoms with Gasteiger partial charge in [0.1, 0.15) is 4.90 Å². The molecule has 7 nitrogen and oxygen atoms in total. The first-order valence-corrected chi connectivity index (χ1v) is 12.8. The molecule has 0 aliphatic rings. The molecule has 0 aliphatic heterocycles. The standard InChI is InChI=1S/C26H28N4O3S/c1-3-12-23-22(19-20-13-7-5-8-14-20)26(31)30(28-23)25-24(17-11-18-27-25)34(32,33)29(4-2)21-15-9-6-10-16-21/h5-11,13-18,28H,3-4,12,19H2,1-2H3. The molecule has 4 aromatic rings. The van der Waals surface area contributed by atoms with Gasteiger partial charge in [-0.3, -0.25) is 14.2 Å². The fourth-order valence-electron chi connectivity index (χ4n) is 4.06. The van der Waals surface area contributed by atoms with Crippen molar-refractivity contribution in [1.82, 2.24) is 14.8 Å². The molecule has 0 fully saturated rings. The van der Waals surface area contributed by atoms with Crippen molar-refractivity contribution in [3.05, 3.63) is 106 Å². The Labute approximate surface area is 199 Å². The minimum absolute atomic E-state index is 0.0293. The molecule has 0 saturated carbocycles. The maximum atomic E-state index is 13.7. The summed E-state index contributed by atoms with van der Waals surface area (Å²) in [6.07, 6.45) is 3.46. The number of hydrogen-bond donors (Lipinski definition) is 1. The SMILES string of the molecule is CCCc1[nH]n(-c2ncccc2S(=O)(=O)N(CC)c2ccccc2)c(=O)c1Cc1ccccc1. The minimum atomic E-state index is -3.98. The lowest BCUT2D eigenvalue weighted by Crippen LogP contribution is -2.32. The largest absolute Gasteiger partial charge is 0.293 e. The van der Waals surface area contributed by atoms with Gasteiger partial charge in [0.25, 0.3) is 15.6 Å². The van der Waals surface area contributed by atoms with E-state index in [9.17, 15) is 13.2 Å². The van der Waals surface area contributed by atoms with Gasteiger partial charge in [-0.1, -0.05) is 61.9 Å². The summed E-state index contributed by atoms with van der Waals surface area (Å²) in [5.41, 5.74) is 2.69. The van der Waals surface area contributed by atoms with E-state index in [-0.39, 0.29) is 22.8 Å². The monoisotopic (exact) mass is 476 g/mol. The van der Waals surface area contributed by atoms with Crippen LogP contribution in [0.5, 0.6) is 0 Å². The van der Waals surface area contributed by atoms with Gasteiger partial charge in [-0.15, -0.1) is 0 Å². The molecule has 1 N–H and O–H groups in total. The number of rotatable bonds is 9. The first kappa shape index (κ1) is 23.5. The Bertz CT molecular complexity index is 1410. The van der Waals surface area contributed by atoms with Crippen LogP contribution in [0, 0.1) is 0 Å². The second-order valence-electron chi connectivity index (χ2n) is 7.95. The van der Waals surface area contributed by atoms with Crippen molar-refractivity contribution in [3.8, 4) is 5.82 Å². The molecule has 2 heterocycles. The first-order chi connectivity index (χ1) is 16.5. The number of nitrogens with one attached hydrogen (secondary N) is 1. The van der Waals surface area contributed by atoms with Crippen molar-refractivity contribution in [2.24, 2.45) is 0 Å². The summed E-state index contributed by atoms with van der Waals surface area (Å²) in [7, 11) is -3.98. The Hall–Kier alpha value is -3.65. The van der Waals surface area contributed by atoms with Crippen molar-refractivity contribution >= 4 is 15.7 Å². The van der Waals surface area contributed by atoms with Gasteiger partial charge < -0.3 is 0 Å². The van der Waals surface area contributed by atoms with Crippen LogP contribution in [0.2, 0.25) is 0 Å². The molecule has 0 aliphatic carbocycles. The molecule has 2 aromatic heterocycles. The van der Waals surface area contributed by atoms with E-state index >= 15 is 0 Å². The Morgan fingerprint density at radius 2 is 1.62 bits per heavy atom. The van der Waals surface area contributed by atoms with Gasteiger partial charge in [0.05, 0.1) is 5.69 Å². The Balaban J connectivity index is 1.84. The third kappa shape index (κ3) is 4.54. The summed E-state index contributed by atoms with van der Waals surface area (Å²) in [5, 5.41) is 3.16. The molecular weight excluding hydrogens is 448 g/mol. The van der Waals surface area contributed by atoms with Crippen LogP contribution < -0.4 is 9.86 Å². The van der Waals surface area contributed by atoms with Crippen LogP contribution in [0.15, 0.2) is 88.7 Å². The highest BCUT2D eigenvalue weighted by Gasteiger charge is 2.29. The highest BCUT2D eigenvalue weighted by molar-refractivity contribution is 7.93. The molecule has 0 saturated heterocycles. The fraction of sp³-hybridized carbons (Fsp3) is 0.231. The summed E-state index contributed by atoms with van der Waals surface area (Å²) in [5.74, 6) is 0.0681. The van der Waals surface area contributed by atoms with Crippen LogP contribution >= 0.6 is 0 Å². The van der Waals surface area contributed by atoms with E-state index in [2.05, 4.69) is 10.1 Å². The molecule has 0 radical (unpaired) electrons.